The quantitative estimate of drug-likeness (QED) is 0.539. The summed E-state index contributed by atoms with van der Waals surface area (Å²) in [6.07, 6.45) is 5.37. The van der Waals surface area contributed by atoms with Crippen molar-refractivity contribution in [1.82, 2.24) is 4.90 Å². The molecular formula is C18H23NO5. The van der Waals surface area contributed by atoms with Crippen LogP contribution >= 0.6 is 0 Å². The number of amides is 1. The summed E-state index contributed by atoms with van der Waals surface area (Å²) in [5, 5.41) is 0. The van der Waals surface area contributed by atoms with E-state index >= 15 is 0 Å². The maximum atomic E-state index is 12.5. The lowest BCUT2D eigenvalue weighted by molar-refractivity contribution is -0.141. The highest BCUT2D eigenvalue weighted by Crippen LogP contribution is 2.28. The summed E-state index contributed by atoms with van der Waals surface area (Å²) >= 11 is 0. The van der Waals surface area contributed by atoms with Crippen LogP contribution in [0.4, 0.5) is 0 Å². The third-order valence-corrected chi connectivity index (χ3v) is 3.90. The zero-order valence-electron chi connectivity index (χ0n) is 14.3. The van der Waals surface area contributed by atoms with Crippen molar-refractivity contribution in [3.8, 4) is 11.5 Å². The van der Waals surface area contributed by atoms with E-state index in [4.69, 9.17) is 9.47 Å². The monoisotopic (exact) mass is 333 g/mol. The normalized spacial score (nSPS) is 13.6. The first-order chi connectivity index (χ1) is 11.6. The maximum absolute atomic E-state index is 12.5. The molecule has 0 unspecified atom stereocenters. The van der Waals surface area contributed by atoms with E-state index in [1.807, 2.05) is 0 Å². The zero-order valence-corrected chi connectivity index (χ0v) is 14.3. The van der Waals surface area contributed by atoms with Gasteiger partial charge < -0.3 is 19.1 Å². The Balaban J connectivity index is 2.08. The highest BCUT2D eigenvalue weighted by molar-refractivity contribution is 5.93. The summed E-state index contributed by atoms with van der Waals surface area (Å²) in [4.78, 5) is 25.5. The van der Waals surface area contributed by atoms with Crippen molar-refractivity contribution in [1.29, 1.82) is 0 Å². The minimum Gasteiger partial charge on any atom is -0.497 e. The maximum Gasteiger partial charge on any atom is 0.307 e. The molecule has 1 aliphatic rings. The number of hydrogen-bond donors (Lipinski definition) is 0. The molecule has 0 saturated heterocycles. The second-order valence-electron chi connectivity index (χ2n) is 5.53. The molecular weight excluding hydrogens is 310 g/mol. The van der Waals surface area contributed by atoms with Crippen molar-refractivity contribution in [2.24, 2.45) is 0 Å². The molecule has 0 radical (unpaired) electrons. The highest BCUT2D eigenvalue weighted by atomic mass is 16.5. The van der Waals surface area contributed by atoms with Crippen molar-refractivity contribution in [3.63, 3.8) is 0 Å². The Morgan fingerprint density at radius 1 is 1.21 bits per heavy atom. The number of esters is 1. The molecule has 1 aliphatic carbocycles. The second-order valence-corrected chi connectivity index (χ2v) is 5.53. The molecule has 130 valence electrons. The van der Waals surface area contributed by atoms with E-state index in [-0.39, 0.29) is 24.3 Å². The number of carbonyl (C=O) groups excluding carboxylic acids is 2. The molecule has 0 aromatic heterocycles. The lowest BCUT2D eigenvalue weighted by atomic mass is 10.1. The Hall–Kier alpha value is -2.50. The Bertz CT molecular complexity index is 622. The predicted octanol–water partition coefficient (Wildman–Crippen LogP) is 2.27. The van der Waals surface area contributed by atoms with Gasteiger partial charge in [0.1, 0.15) is 11.5 Å². The van der Waals surface area contributed by atoms with Crippen LogP contribution in [-0.2, 0) is 14.3 Å². The van der Waals surface area contributed by atoms with Crippen LogP contribution in [0.5, 0.6) is 11.5 Å². The van der Waals surface area contributed by atoms with Gasteiger partial charge in [0.15, 0.2) is 0 Å². The SMILES string of the molecule is COC(=O)CCN(C(=O)/C=C/c1cc(OC)ccc1OC)C1CC1. The molecule has 0 spiro atoms. The van der Waals surface area contributed by atoms with Crippen LogP contribution in [0.3, 0.4) is 0 Å². The number of hydrogen-bond acceptors (Lipinski definition) is 5. The topological polar surface area (TPSA) is 65.1 Å². The van der Waals surface area contributed by atoms with Crippen LogP contribution in [0, 0.1) is 0 Å². The number of ether oxygens (including phenoxy) is 3. The van der Waals surface area contributed by atoms with E-state index in [1.165, 1.54) is 13.2 Å². The van der Waals surface area contributed by atoms with Gasteiger partial charge in [-0.15, -0.1) is 0 Å². The van der Waals surface area contributed by atoms with Crippen LogP contribution in [0.1, 0.15) is 24.8 Å². The van der Waals surface area contributed by atoms with E-state index in [9.17, 15) is 9.59 Å². The number of carbonyl (C=O) groups is 2. The van der Waals surface area contributed by atoms with Gasteiger partial charge in [0, 0.05) is 24.2 Å². The Kier molecular flexibility index (Phi) is 6.23. The fourth-order valence-corrected chi connectivity index (χ4v) is 2.40. The minimum atomic E-state index is -0.313. The third-order valence-electron chi connectivity index (χ3n) is 3.90. The Labute approximate surface area is 142 Å². The average molecular weight is 333 g/mol. The van der Waals surface area contributed by atoms with E-state index in [0.29, 0.717) is 18.0 Å². The largest absolute Gasteiger partial charge is 0.497 e. The Morgan fingerprint density at radius 2 is 1.96 bits per heavy atom. The predicted molar refractivity (Wildman–Crippen MR) is 89.9 cm³/mol. The minimum absolute atomic E-state index is 0.119. The molecule has 1 aromatic carbocycles. The number of methoxy groups -OCH3 is 3. The molecule has 1 saturated carbocycles. The number of nitrogens with zero attached hydrogens (tertiary/aromatic N) is 1. The van der Waals surface area contributed by atoms with Crippen molar-refractivity contribution in [2.75, 3.05) is 27.9 Å². The molecule has 1 aromatic rings. The van der Waals surface area contributed by atoms with Gasteiger partial charge in [-0.2, -0.15) is 0 Å². The van der Waals surface area contributed by atoms with Crippen LogP contribution in [0.25, 0.3) is 6.08 Å². The fourth-order valence-electron chi connectivity index (χ4n) is 2.40. The summed E-state index contributed by atoms with van der Waals surface area (Å²) < 4.78 is 15.1. The number of benzene rings is 1. The summed E-state index contributed by atoms with van der Waals surface area (Å²) in [5.41, 5.74) is 0.758. The van der Waals surface area contributed by atoms with Gasteiger partial charge in [-0.25, -0.2) is 0 Å². The van der Waals surface area contributed by atoms with E-state index in [2.05, 4.69) is 4.74 Å². The van der Waals surface area contributed by atoms with Gasteiger partial charge in [0.2, 0.25) is 5.91 Å². The first-order valence-corrected chi connectivity index (χ1v) is 7.86. The number of rotatable bonds is 8. The molecule has 0 aliphatic heterocycles. The third kappa shape index (κ3) is 4.75. The molecule has 0 heterocycles. The summed E-state index contributed by atoms with van der Waals surface area (Å²) in [6.45, 7) is 0.371. The highest BCUT2D eigenvalue weighted by Gasteiger charge is 2.31. The summed E-state index contributed by atoms with van der Waals surface area (Å²) in [7, 11) is 4.51. The van der Waals surface area contributed by atoms with Crippen molar-refractivity contribution < 1.29 is 23.8 Å². The van der Waals surface area contributed by atoms with Gasteiger partial charge in [0.05, 0.1) is 27.8 Å². The Morgan fingerprint density at radius 3 is 2.54 bits per heavy atom. The summed E-state index contributed by atoms with van der Waals surface area (Å²) in [6, 6.07) is 5.61. The lowest BCUT2D eigenvalue weighted by Crippen LogP contribution is -2.33. The van der Waals surface area contributed by atoms with E-state index < -0.39 is 0 Å². The lowest BCUT2D eigenvalue weighted by Gasteiger charge is -2.20. The van der Waals surface area contributed by atoms with Gasteiger partial charge in [-0.1, -0.05) is 0 Å². The molecule has 6 heteroatoms. The molecule has 0 atom stereocenters. The first-order valence-electron chi connectivity index (χ1n) is 7.86. The molecule has 0 N–H and O–H groups in total. The van der Waals surface area contributed by atoms with E-state index in [1.54, 1.807) is 43.4 Å². The van der Waals surface area contributed by atoms with Crippen LogP contribution in [0.15, 0.2) is 24.3 Å². The van der Waals surface area contributed by atoms with Gasteiger partial charge in [0.25, 0.3) is 0 Å². The van der Waals surface area contributed by atoms with E-state index in [0.717, 1.165) is 18.4 Å². The molecule has 6 nitrogen and oxygen atoms in total. The molecule has 1 fully saturated rings. The van der Waals surface area contributed by atoms with Gasteiger partial charge >= 0.3 is 5.97 Å². The van der Waals surface area contributed by atoms with Crippen LogP contribution in [-0.4, -0.2) is 50.7 Å². The van der Waals surface area contributed by atoms with Crippen LogP contribution in [0.2, 0.25) is 0 Å². The zero-order chi connectivity index (χ0) is 17.5. The summed E-state index contributed by atoms with van der Waals surface area (Å²) in [5.74, 6) is 0.915. The van der Waals surface area contributed by atoms with Crippen LogP contribution < -0.4 is 9.47 Å². The van der Waals surface area contributed by atoms with Crippen molar-refractivity contribution in [2.45, 2.75) is 25.3 Å². The molecule has 1 amide bonds. The average Bonchev–Trinajstić information content (AvgIpc) is 3.44. The van der Waals surface area contributed by atoms with Crippen molar-refractivity contribution >= 4 is 18.0 Å². The molecule has 2 rings (SSSR count). The van der Waals surface area contributed by atoms with Crippen molar-refractivity contribution in [3.05, 3.63) is 29.8 Å². The molecule has 0 bridgehead atoms. The smallest absolute Gasteiger partial charge is 0.307 e. The standard InChI is InChI=1S/C18H23NO5/c1-22-15-7-8-16(23-2)13(12-15)4-9-17(20)19(14-5-6-14)11-10-18(21)24-3/h4,7-9,12,14H,5-6,10-11H2,1-3H3/b9-4+. The van der Waals surface area contributed by atoms with Gasteiger partial charge in [-0.3, -0.25) is 9.59 Å². The first kappa shape index (κ1) is 17.8. The second kappa shape index (κ2) is 8.38. The molecule has 24 heavy (non-hydrogen) atoms. The van der Waals surface area contributed by atoms with Gasteiger partial charge in [-0.05, 0) is 37.1 Å². The fraction of sp³-hybridized carbons (Fsp3) is 0.444.